The summed E-state index contributed by atoms with van der Waals surface area (Å²) in [7, 11) is -3.81. The van der Waals surface area contributed by atoms with Gasteiger partial charge in [0.25, 0.3) is 0 Å². The van der Waals surface area contributed by atoms with Gasteiger partial charge in [-0.05, 0) is 18.6 Å². The molecule has 0 aliphatic heterocycles. The molecular formula is C12H18N2O4S2. The molecule has 0 saturated carbocycles. The Morgan fingerprint density at radius 3 is 2.30 bits per heavy atom. The number of aliphatic hydroxyl groups is 2. The highest BCUT2D eigenvalue weighted by Crippen LogP contribution is 2.21. The van der Waals surface area contributed by atoms with Gasteiger partial charge < -0.3 is 15.9 Å². The predicted molar refractivity (Wildman–Crippen MR) is 80.0 cm³/mol. The van der Waals surface area contributed by atoms with Crippen molar-refractivity contribution in [2.24, 2.45) is 5.73 Å². The monoisotopic (exact) mass is 318 g/mol. The molecule has 0 aliphatic carbocycles. The first-order chi connectivity index (χ1) is 9.34. The Morgan fingerprint density at radius 2 is 1.85 bits per heavy atom. The maximum atomic E-state index is 12.5. The maximum Gasteiger partial charge on any atom is 0.243 e. The van der Waals surface area contributed by atoms with Gasteiger partial charge in [0.1, 0.15) is 4.99 Å². The largest absolute Gasteiger partial charge is 0.395 e. The van der Waals surface area contributed by atoms with Gasteiger partial charge in [0.15, 0.2) is 0 Å². The van der Waals surface area contributed by atoms with Gasteiger partial charge in [-0.1, -0.05) is 24.4 Å². The molecule has 0 atom stereocenters. The highest BCUT2D eigenvalue weighted by Gasteiger charge is 2.25. The molecule has 0 radical (unpaired) electrons. The molecule has 1 aromatic carbocycles. The van der Waals surface area contributed by atoms with Crippen LogP contribution in [0.4, 0.5) is 0 Å². The summed E-state index contributed by atoms with van der Waals surface area (Å²) >= 11 is 4.85. The number of thiocarbonyl (C=S) groups is 1. The van der Waals surface area contributed by atoms with E-state index in [0.29, 0.717) is 11.1 Å². The summed E-state index contributed by atoms with van der Waals surface area (Å²) in [5.74, 6) is 0. The molecule has 6 nitrogen and oxygen atoms in total. The van der Waals surface area contributed by atoms with E-state index in [4.69, 9.17) is 28.2 Å². The summed E-state index contributed by atoms with van der Waals surface area (Å²) in [6, 6.07) is 4.69. The van der Waals surface area contributed by atoms with E-state index in [9.17, 15) is 8.42 Å². The summed E-state index contributed by atoms with van der Waals surface area (Å²) in [5.41, 5.74) is 6.52. The first-order valence-electron chi connectivity index (χ1n) is 5.97. The SMILES string of the molecule is Cc1ccc(C(N)=S)cc1S(=O)(=O)N(CCO)CCO. The quantitative estimate of drug-likeness (QED) is 0.591. The average Bonchev–Trinajstić information content (AvgIpc) is 2.38. The van der Waals surface area contributed by atoms with Gasteiger partial charge in [-0.3, -0.25) is 0 Å². The number of aryl methyl sites for hydroxylation is 1. The van der Waals surface area contributed by atoms with E-state index in [0.717, 1.165) is 4.31 Å². The molecule has 0 heterocycles. The van der Waals surface area contributed by atoms with E-state index in [-0.39, 0.29) is 36.2 Å². The molecule has 0 saturated heterocycles. The van der Waals surface area contributed by atoms with Crippen LogP contribution in [0.2, 0.25) is 0 Å². The number of nitrogens with two attached hydrogens (primary N) is 1. The van der Waals surface area contributed by atoms with Crippen LogP contribution in [0.5, 0.6) is 0 Å². The van der Waals surface area contributed by atoms with Crippen molar-refractivity contribution in [2.45, 2.75) is 11.8 Å². The molecule has 1 aromatic rings. The Hall–Kier alpha value is -1.06. The Bertz CT molecular complexity index is 581. The van der Waals surface area contributed by atoms with Crippen LogP contribution >= 0.6 is 12.2 Å². The van der Waals surface area contributed by atoms with Crippen LogP contribution in [0.3, 0.4) is 0 Å². The molecule has 112 valence electrons. The molecular weight excluding hydrogens is 300 g/mol. The average molecular weight is 318 g/mol. The zero-order valence-corrected chi connectivity index (χ0v) is 12.7. The lowest BCUT2D eigenvalue weighted by Gasteiger charge is -2.21. The van der Waals surface area contributed by atoms with Crippen molar-refractivity contribution < 1.29 is 18.6 Å². The summed E-state index contributed by atoms with van der Waals surface area (Å²) in [5, 5.41) is 17.9. The highest BCUT2D eigenvalue weighted by molar-refractivity contribution is 7.89. The van der Waals surface area contributed by atoms with Crippen molar-refractivity contribution >= 4 is 27.2 Å². The lowest BCUT2D eigenvalue weighted by atomic mass is 10.1. The summed E-state index contributed by atoms with van der Waals surface area (Å²) in [4.78, 5) is 0.182. The Kier molecular flexibility index (Phi) is 6.03. The molecule has 0 aromatic heterocycles. The van der Waals surface area contributed by atoms with Crippen LogP contribution in [-0.4, -0.2) is 54.2 Å². The third-order valence-corrected chi connectivity index (χ3v) is 5.07. The minimum Gasteiger partial charge on any atom is -0.395 e. The summed E-state index contributed by atoms with van der Waals surface area (Å²) in [6.45, 7) is 0.839. The Labute approximate surface area is 123 Å². The second-order valence-electron chi connectivity index (χ2n) is 4.20. The highest BCUT2D eigenvalue weighted by atomic mass is 32.2. The zero-order chi connectivity index (χ0) is 15.3. The van der Waals surface area contributed by atoms with Gasteiger partial charge in [-0.15, -0.1) is 0 Å². The lowest BCUT2D eigenvalue weighted by molar-refractivity contribution is 0.217. The topological polar surface area (TPSA) is 104 Å². The summed E-state index contributed by atoms with van der Waals surface area (Å²) in [6.07, 6.45) is 0. The second-order valence-corrected chi connectivity index (χ2v) is 6.54. The smallest absolute Gasteiger partial charge is 0.243 e. The lowest BCUT2D eigenvalue weighted by Crippen LogP contribution is -2.36. The zero-order valence-electron chi connectivity index (χ0n) is 11.1. The van der Waals surface area contributed by atoms with Crippen molar-refractivity contribution in [1.29, 1.82) is 0 Å². The van der Waals surface area contributed by atoms with E-state index in [1.807, 2.05) is 0 Å². The fourth-order valence-corrected chi connectivity index (χ4v) is 3.55. The first kappa shape index (κ1) is 17.0. The van der Waals surface area contributed by atoms with Crippen LogP contribution in [0.1, 0.15) is 11.1 Å². The molecule has 4 N–H and O–H groups in total. The molecule has 8 heteroatoms. The first-order valence-corrected chi connectivity index (χ1v) is 7.81. The van der Waals surface area contributed by atoms with E-state index < -0.39 is 10.0 Å². The number of nitrogens with zero attached hydrogens (tertiary/aromatic N) is 1. The van der Waals surface area contributed by atoms with Crippen LogP contribution in [-0.2, 0) is 10.0 Å². The van der Waals surface area contributed by atoms with E-state index >= 15 is 0 Å². The summed E-state index contributed by atoms with van der Waals surface area (Å²) < 4.78 is 26.1. The fraction of sp³-hybridized carbons (Fsp3) is 0.417. The number of sulfonamides is 1. The van der Waals surface area contributed by atoms with Crippen LogP contribution in [0.25, 0.3) is 0 Å². The van der Waals surface area contributed by atoms with E-state index in [2.05, 4.69) is 0 Å². The van der Waals surface area contributed by atoms with Gasteiger partial charge in [-0.2, -0.15) is 4.31 Å². The number of hydrogen-bond donors (Lipinski definition) is 3. The molecule has 0 fully saturated rings. The van der Waals surface area contributed by atoms with Crippen molar-refractivity contribution in [2.75, 3.05) is 26.3 Å². The molecule has 0 amide bonds. The maximum absolute atomic E-state index is 12.5. The number of aliphatic hydroxyl groups excluding tert-OH is 2. The minimum absolute atomic E-state index is 0.0738. The number of hydrogen-bond acceptors (Lipinski definition) is 5. The standard InChI is InChI=1S/C12H18N2O4S2/c1-9-2-3-10(12(13)19)8-11(9)20(17,18)14(4-6-15)5-7-16/h2-3,8,15-16H,4-7H2,1H3,(H2,13,19). The number of rotatable bonds is 7. The molecule has 0 aliphatic rings. The minimum atomic E-state index is -3.81. The van der Waals surface area contributed by atoms with Gasteiger partial charge in [0, 0.05) is 18.7 Å². The Morgan fingerprint density at radius 1 is 1.30 bits per heavy atom. The van der Waals surface area contributed by atoms with Crippen LogP contribution in [0, 0.1) is 6.92 Å². The van der Waals surface area contributed by atoms with Crippen molar-refractivity contribution in [1.82, 2.24) is 4.31 Å². The van der Waals surface area contributed by atoms with E-state index in [1.54, 1.807) is 19.1 Å². The van der Waals surface area contributed by atoms with Gasteiger partial charge in [0.05, 0.1) is 18.1 Å². The van der Waals surface area contributed by atoms with Crippen molar-refractivity contribution in [3.63, 3.8) is 0 Å². The Balaban J connectivity index is 3.32. The molecule has 0 spiro atoms. The van der Waals surface area contributed by atoms with Crippen LogP contribution in [0.15, 0.2) is 23.1 Å². The third kappa shape index (κ3) is 3.74. The van der Waals surface area contributed by atoms with Gasteiger partial charge in [-0.25, -0.2) is 8.42 Å². The van der Waals surface area contributed by atoms with E-state index in [1.165, 1.54) is 6.07 Å². The normalized spacial score (nSPS) is 11.8. The fourth-order valence-electron chi connectivity index (χ4n) is 1.75. The third-order valence-electron chi connectivity index (χ3n) is 2.79. The molecule has 1 rings (SSSR count). The second kappa shape index (κ2) is 7.09. The van der Waals surface area contributed by atoms with Crippen LogP contribution < -0.4 is 5.73 Å². The molecule has 20 heavy (non-hydrogen) atoms. The van der Waals surface area contributed by atoms with Gasteiger partial charge in [0.2, 0.25) is 10.0 Å². The predicted octanol–water partition coefficient (Wildman–Crippen LogP) is -0.395. The van der Waals surface area contributed by atoms with Crippen molar-refractivity contribution in [3.05, 3.63) is 29.3 Å². The van der Waals surface area contributed by atoms with Crippen molar-refractivity contribution in [3.8, 4) is 0 Å². The molecule has 0 bridgehead atoms. The number of benzene rings is 1. The van der Waals surface area contributed by atoms with Gasteiger partial charge >= 0.3 is 0 Å². The molecule has 0 unspecified atom stereocenters.